The Morgan fingerprint density at radius 2 is 1.79 bits per heavy atom. The van der Waals surface area contributed by atoms with Gasteiger partial charge in [0, 0.05) is 36.8 Å². The molecule has 0 atom stereocenters. The van der Waals surface area contributed by atoms with Crippen molar-refractivity contribution in [2.45, 2.75) is 6.54 Å². The van der Waals surface area contributed by atoms with E-state index < -0.39 is 0 Å². The number of piperazine rings is 1. The van der Waals surface area contributed by atoms with Crippen LogP contribution in [0.5, 0.6) is 5.75 Å². The van der Waals surface area contributed by atoms with Gasteiger partial charge in [0.05, 0.1) is 12.1 Å². The SMILES string of the molecule is O=C(c1ccccc1O)N1CCN(Cc2nc(-c3ccc(Cl)cc3)no2)CC1. The van der Waals surface area contributed by atoms with Gasteiger partial charge in [-0.15, -0.1) is 0 Å². The molecule has 0 bridgehead atoms. The molecule has 144 valence electrons. The minimum absolute atomic E-state index is 0.00974. The highest BCUT2D eigenvalue weighted by Gasteiger charge is 2.24. The number of hydrogen-bond donors (Lipinski definition) is 1. The average molecular weight is 399 g/mol. The highest BCUT2D eigenvalue weighted by molar-refractivity contribution is 6.30. The minimum atomic E-state index is -0.152. The fraction of sp³-hybridized carbons (Fsp3) is 0.250. The normalized spacial score (nSPS) is 15.0. The first-order valence-corrected chi connectivity index (χ1v) is 9.36. The first-order valence-electron chi connectivity index (χ1n) is 8.98. The summed E-state index contributed by atoms with van der Waals surface area (Å²) >= 11 is 5.90. The van der Waals surface area contributed by atoms with E-state index in [2.05, 4.69) is 15.0 Å². The second-order valence-corrected chi connectivity index (χ2v) is 7.04. The molecule has 2 heterocycles. The lowest BCUT2D eigenvalue weighted by Crippen LogP contribution is -2.48. The first-order chi connectivity index (χ1) is 13.6. The summed E-state index contributed by atoms with van der Waals surface area (Å²) in [5, 5.41) is 14.6. The highest BCUT2D eigenvalue weighted by Crippen LogP contribution is 2.21. The zero-order valence-corrected chi connectivity index (χ0v) is 15.8. The molecule has 1 aromatic heterocycles. The lowest BCUT2D eigenvalue weighted by molar-refractivity contribution is 0.0612. The van der Waals surface area contributed by atoms with E-state index in [9.17, 15) is 9.90 Å². The molecule has 28 heavy (non-hydrogen) atoms. The highest BCUT2D eigenvalue weighted by atomic mass is 35.5. The van der Waals surface area contributed by atoms with Crippen molar-refractivity contribution in [3.8, 4) is 17.1 Å². The molecule has 1 aliphatic rings. The van der Waals surface area contributed by atoms with Crippen LogP contribution in [0.2, 0.25) is 5.02 Å². The number of phenols is 1. The summed E-state index contributed by atoms with van der Waals surface area (Å²) < 4.78 is 5.36. The Kier molecular flexibility index (Phi) is 5.27. The smallest absolute Gasteiger partial charge is 0.257 e. The molecule has 7 nitrogen and oxygen atoms in total. The van der Waals surface area contributed by atoms with Crippen LogP contribution in [-0.2, 0) is 6.54 Å². The fourth-order valence-electron chi connectivity index (χ4n) is 3.16. The van der Waals surface area contributed by atoms with Crippen LogP contribution in [0.25, 0.3) is 11.4 Å². The molecule has 1 fully saturated rings. The van der Waals surface area contributed by atoms with E-state index in [1.54, 1.807) is 35.2 Å². The predicted molar refractivity (Wildman–Crippen MR) is 104 cm³/mol. The van der Waals surface area contributed by atoms with Gasteiger partial charge >= 0.3 is 0 Å². The van der Waals surface area contributed by atoms with Crippen LogP contribution >= 0.6 is 11.6 Å². The summed E-state index contributed by atoms with van der Waals surface area (Å²) in [5.74, 6) is 0.918. The number of phenolic OH excluding ortho intramolecular Hbond substituents is 1. The summed E-state index contributed by atoms with van der Waals surface area (Å²) in [4.78, 5) is 20.9. The molecule has 0 radical (unpaired) electrons. The summed E-state index contributed by atoms with van der Waals surface area (Å²) in [6, 6.07) is 13.9. The molecule has 1 saturated heterocycles. The quantitative estimate of drug-likeness (QED) is 0.727. The Labute approximate surface area is 167 Å². The van der Waals surface area contributed by atoms with Crippen LogP contribution in [0.3, 0.4) is 0 Å². The molecule has 3 aromatic rings. The number of aromatic hydroxyl groups is 1. The molecular weight excluding hydrogens is 380 g/mol. The average Bonchev–Trinajstić information content (AvgIpc) is 3.17. The maximum atomic E-state index is 12.6. The van der Waals surface area contributed by atoms with Crippen LogP contribution in [0.15, 0.2) is 53.1 Å². The van der Waals surface area contributed by atoms with Crippen molar-refractivity contribution in [1.29, 1.82) is 0 Å². The monoisotopic (exact) mass is 398 g/mol. The Hall–Kier alpha value is -2.90. The Balaban J connectivity index is 1.34. The number of para-hydroxylation sites is 1. The molecule has 1 amide bonds. The molecule has 4 rings (SSSR count). The van der Waals surface area contributed by atoms with Gasteiger partial charge in [0.25, 0.3) is 5.91 Å². The van der Waals surface area contributed by atoms with Crippen LogP contribution in [0.4, 0.5) is 0 Å². The van der Waals surface area contributed by atoms with Gasteiger partial charge in [0.1, 0.15) is 5.75 Å². The number of aromatic nitrogens is 2. The van der Waals surface area contributed by atoms with E-state index in [1.165, 1.54) is 6.07 Å². The van der Waals surface area contributed by atoms with E-state index in [-0.39, 0.29) is 11.7 Å². The lowest BCUT2D eigenvalue weighted by atomic mass is 10.1. The van der Waals surface area contributed by atoms with Gasteiger partial charge in [0.15, 0.2) is 0 Å². The fourth-order valence-corrected chi connectivity index (χ4v) is 3.29. The zero-order chi connectivity index (χ0) is 19.5. The van der Waals surface area contributed by atoms with Crippen molar-refractivity contribution in [2.24, 2.45) is 0 Å². The third kappa shape index (κ3) is 4.00. The number of hydrogen-bond acceptors (Lipinski definition) is 6. The lowest BCUT2D eigenvalue weighted by Gasteiger charge is -2.34. The molecule has 0 unspecified atom stereocenters. The van der Waals surface area contributed by atoms with Crippen LogP contribution in [-0.4, -0.2) is 57.1 Å². The van der Waals surface area contributed by atoms with E-state index in [4.69, 9.17) is 16.1 Å². The number of carbonyl (C=O) groups excluding carboxylic acids is 1. The van der Waals surface area contributed by atoms with Crippen molar-refractivity contribution in [1.82, 2.24) is 19.9 Å². The molecule has 1 N–H and O–H groups in total. The van der Waals surface area contributed by atoms with Gasteiger partial charge in [0.2, 0.25) is 11.7 Å². The predicted octanol–water partition coefficient (Wildman–Crippen LogP) is 3.05. The standard InChI is InChI=1S/C20H19ClN4O3/c21-15-7-5-14(6-8-15)19-22-18(28-23-19)13-24-9-11-25(12-10-24)20(27)16-3-1-2-4-17(16)26/h1-8,26H,9-13H2. The molecule has 1 aliphatic heterocycles. The third-order valence-corrected chi connectivity index (χ3v) is 4.98. The molecule has 0 aliphatic carbocycles. The molecular formula is C20H19ClN4O3. The number of benzene rings is 2. The van der Waals surface area contributed by atoms with Gasteiger partial charge in [-0.3, -0.25) is 9.69 Å². The maximum absolute atomic E-state index is 12.6. The minimum Gasteiger partial charge on any atom is -0.507 e. The van der Waals surface area contributed by atoms with Crippen molar-refractivity contribution in [3.63, 3.8) is 0 Å². The summed E-state index contributed by atoms with van der Waals surface area (Å²) in [5.41, 5.74) is 1.18. The largest absolute Gasteiger partial charge is 0.507 e. The summed E-state index contributed by atoms with van der Waals surface area (Å²) in [7, 11) is 0. The topological polar surface area (TPSA) is 82.7 Å². The van der Waals surface area contributed by atoms with Crippen molar-refractivity contribution in [3.05, 3.63) is 65.0 Å². The third-order valence-electron chi connectivity index (χ3n) is 4.72. The van der Waals surface area contributed by atoms with E-state index in [1.807, 2.05) is 12.1 Å². The number of amides is 1. The number of rotatable bonds is 4. The van der Waals surface area contributed by atoms with Crippen molar-refractivity contribution >= 4 is 17.5 Å². The number of carbonyl (C=O) groups is 1. The van der Waals surface area contributed by atoms with Crippen molar-refractivity contribution in [2.75, 3.05) is 26.2 Å². The van der Waals surface area contributed by atoms with E-state index in [0.717, 1.165) is 5.56 Å². The second kappa shape index (κ2) is 8.00. The second-order valence-electron chi connectivity index (χ2n) is 6.60. The molecule has 2 aromatic carbocycles. The summed E-state index contributed by atoms with van der Waals surface area (Å²) in [6.45, 7) is 3.06. The molecule has 0 spiro atoms. The number of halogens is 1. The van der Waals surface area contributed by atoms with Gasteiger partial charge in [-0.25, -0.2) is 0 Å². The first kappa shape index (κ1) is 18.5. The number of nitrogens with zero attached hydrogens (tertiary/aromatic N) is 4. The van der Waals surface area contributed by atoms with Crippen LogP contribution < -0.4 is 0 Å². The maximum Gasteiger partial charge on any atom is 0.257 e. The summed E-state index contributed by atoms with van der Waals surface area (Å²) in [6.07, 6.45) is 0. The van der Waals surface area contributed by atoms with Gasteiger partial charge < -0.3 is 14.5 Å². The zero-order valence-electron chi connectivity index (χ0n) is 15.1. The Morgan fingerprint density at radius 1 is 1.07 bits per heavy atom. The van der Waals surface area contributed by atoms with Gasteiger partial charge in [-0.1, -0.05) is 28.9 Å². The van der Waals surface area contributed by atoms with E-state index >= 15 is 0 Å². The van der Waals surface area contributed by atoms with Gasteiger partial charge in [-0.2, -0.15) is 4.98 Å². The Bertz CT molecular complexity index is 966. The Morgan fingerprint density at radius 3 is 2.50 bits per heavy atom. The molecule has 0 saturated carbocycles. The van der Waals surface area contributed by atoms with Crippen LogP contribution in [0, 0.1) is 0 Å². The van der Waals surface area contributed by atoms with Gasteiger partial charge in [-0.05, 0) is 36.4 Å². The van der Waals surface area contributed by atoms with Crippen molar-refractivity contribution < 1.29 is 14.4 Å². The van der Waals surface area contributed by atoms with Crippen LogP contribution in [0.1, 0.15) is 16.2 Å². The molecule has 8 heteroatoms. The van der Waals surface area contributed by atoms with E-state index in [0.29, 0.717) is 55.0 Å².